The number of carbonyl (C=O) groups excluding carboxylic acids is 1. The Labute approximate surface area is 162 Å². The van der Waals surface area contributed by atoms with Gasteiger partial charge in [-0.3, -0.25) is 4.79 Å². The topological polar surface area (TPSA) is 59.7 Å². The highest BCUT2D eigenvalue weighted by Crippen LogP contribution is 2.21. The van der Waals surface area contributed by atoms with E-state index in [0.29, 0.717) is 30.2 Å². The number of likely N-dealkylation sites (tertiary alicyclic amines) is 1. The lowest BCUT2D eigenvalue weighted by Crippen LogP contribution is -2.42. The zero-order valence-electron chi connectivity index (χ0n) is 16.1. The van der Waals surface area contributed by atoms with Crippen LogP contribution in [0.2, 0.25) is 0 Å². The molecule has 1 amide bonds. The van der Waals surface area contributed by atoms with E-state index in [9.17, 15) is 9.18 Å². The summed E-state index contributed by atoms with van der Waals surface area (Å²) in [6.45, 7) is 5.68. The van der Waals surface area contributed by atoms with Gasteiger partial charge in [0, 0.05) is 30.8 Å². The number of amides is 1. The Bertz CT molecular complexity index is 1000. The van der Waals surface area contributed by atoms with E-state index in [2.05, 4.69) is 10.1 Å². The van der Waals surface area contributed by atoms with Crippen LogP contribution in [0.5, 0.6) is 5.75 Å². The fourth-order valence-electron chi connectivity index (χ4n) is 3.64. The molecule has 0 saturated carbocycles. The first-order valence-corrected chi connectivity index (χ1v) is 9.51. The minimum Gasteiger partial charge on any atom is -0.493 e. The molecule has 1 aromatic carbocycles. The first-order valence-electron chi connectivity index (χ1n) is 9.51. The second-order valence-corrected chi connectivity index (χ2v) is 7.36. The lowest BCUT2D eigenvalue weighted by Gasteiger charge is -2.32. The van der Waals surface area contributed by atoms with Crippen molar-refractivity contribution in [2.45, 2.75) is 26.7 Å². The molecule has 0 N–H and O–H groups in total. The van der Waals surface area contributed by atoms with Crippen LogP contribution >= 0.6 is 0 Å². The minimum atomic E-state index is -0.282. The average Bonchev–Trinajstić information content (AvgIpc) is 3.08. The molecular weight excluding hydrogens is 359 g/mol. The molecule has 0 radical (unpaired) electrons. The molecule has 0 aliphatic carbocycles. The van der Waals surface area contributed by atoms with Crippen LogP contribution in [0.1, 0.15) is 34.7 Å². The Hall–Kier alpha value is -2.96. The lowest BCUT2D eigenvalue weighted by molar-refractivity contribution is 0.0627. The molecule has 3 heterocycles. The van der Waals surface area contributed by atoms with Gasteiger partial charge in [-0.1, -0.05) is 0 Å². The molecule has 4 rings (SSSR count). The zero-order valence-corrected chi connectivity index (χ0v) is 16.1. The summed E-state index contributed by atoms with van der Waals surface area (Å²) in [6.07, 6.45) is 1.93. The quantitative estimate of drug-likeness (QED) is 0.694. The Morgan fingerprint density at radius 2 is 2.04 bits per heavy atom. The van der Waals surface area contributed by atoms with Crippen molar-refractivity contribution >= 4 is 11.6 Å². The van der Waals surface area contributed by atoms with E-state index in [1.54, 1.807) is 22.7 Å². The number of rotatable bonds is 4. The fraction of sp³-hybridized carbons (Fsp3) is 0.381. The van der Waals surface area contributed by atoms with Crippen molar-refractivity contribution < 1.29 is 13.9 Å². The number of nitrogens with zero attached hydrogens (tertiary/aromatic N) is 4. The number of ether oxygens (including phenoxy) is 1. The lowest BCUT2D eigenvalue weighted by atomic mass is 9.98. The first-order chi connectivity index (χ1) is 13.5. The first kappa shape index (κ1) is 18.4. The van der Waals surface area contributed by atoms with Gasteiger partial charge in [-0.15, -0.1) is 0 Å². The molecule has 3 aromatic rings. The van der Waals surface area contributed by atoms with Crippen molar-refractivity contribution in [3.05, 3.63) is 59.3 Å². The van der Waals surface area contributed by atoms with Crippen LogP contribution in [0.4, 0.5) is 4.39 Å². The molecule has 2 aromatic heterocycles. The van der Waals surface area contributed by atoms with Gasteiger partial charge in [0.05, 0.1) is 12.3 Å². The van der Waals surface area contributed by atoms with Crippen molar-refractivity contribution in [2.75, 3.05) is 19.7 Å². The number of fused-ring (bicyclic) bond motifs is 1. The molecule has 7 heteroatoms. The van der Waals surface area contributed by atoms with Crippen LogP contribution in [0.25, 0.3) is 5.65 Å². The third-order valence-corrected chi connectivity index (χ3v) is 5.05. The number of benzene rings is 1. The van der Waals surface area contributed by atoms with Gasteiger partial charge in [0.1, 0.15) is 17.3 Å². The summed E-state index contributed by atoms with van der Waals surface area (Å²) in [6, 6.07) is 9.68. The van der Waals surface area contributed by atoms with Gasteiger partial charge < -0.3 is 9.64 Å². The zero-order chi connectivity index (χ0) is 19.7. The van der Waals surface area contributed by atoms with E-state index in [-0.39, 0.29) is 17.6 Å². The van der Waals surface area contributed by atoms with Crippen molar-refractivity contribution in [2.24, 2.45) is 5.92 Å². The highest BCUT2D eigenvalue weighted by molar-refractivity contribution is 5.93. The van der Waals surface area contributed by atoms with Crippen molar-refractivity contribution in [3.63, 3.8) is 0 Å². The van der Waals surface area contributed by atoms with Crippen LogP contribution in [-0.4, -0.2) is 45.1 Å². The van der Waals surface area contributed by atoms with E-state index < -0.39 is 0 Å². The number of aromatic nitrogens is 3. The number of hydrogen-bond donors (Lipinski definition) is 0. The summed E-state index contributed by atoms with van der Waals surface area (Å²) in [5, 5.41) is 4.39. The van der Waals surface area contributed by atoms with Crippen molar-refractivity contribution in [3.8, 4) is 5.75 Å². The molecule has 1 saturated heterocycles. The Morgan fingerprint density at radius 1 is 1.25 bits per heavy atom. The fourth-order valence-corrected chi connectivity index (χ4v) is 3.64. The maximum Gasteiger partial charge on any atom is 0.272 e. The summed E-state index contributed by atoms with van der Waals surface area (Å²) in [5.74, 6) is 0.541. The molecule has 146 valence electrons. The summed E-state index contributed by atoms with van der Waals surface area (Å²) >= 11 is 0. The molecule has 1 unspecified atom stereocenters. The third-order valence-electron chi connectivity index (χ3n) is 5.05. The third kappa shape index (κ3) is 3.83. The molecule has 0 bridgehead atoms. The SMILES string of the molecule is Cc1cc2nc(C(=O)N3CCCC(COc4ccc(F)cc4)C3)cc(C)n2n1. The van der Waals surface area contributed by atoms with Crippen molar-refractivity contribution in [1.82, 2.24) is 19.5 Å². The molecule has 1 aliphatic heterocycles. The van der Waals surface area contributed by atoms with Crippen LogP contribution < -0.4 is 4.74 Å². The van der Waals surface area contributed by atoms with E-state index in [0.717, 1.165) is 30.8 Å². The Balaban J connectivity index is 1.43. The largest absolute Gasteiger partial charge is 0.493 e. The van der Waals surface area contributed by atoms with Crippen LogP contribution in [-0.2, 0) is 0 Å². The van der Waals surface area contributed by atoms with E-state index in [1.807, 2.05) is 24.8 Å². The van der Waals surface area contributed by atoms with Crippen LogP contribution in [0, 0.1) is 25.6 Å². The number of aryl methyl sites for hydroxylation is 2. The standard InChI is InChI=1S/C21H23FN4O2/c1-14-10-20-23-19(11-15(2)26(20)24-14)21(27)25-9-3-4-16(12-25)13-28-18-7-5-17(22)6-8-18/h5-8,10-11,16H,3-4,9,12-13H2,1-2H3. The molecule has 0 spiro atoms. The van der Waals surface area contributed by atoms with E-state index in [1.165, 1.54) is 12.1 Å². The summed E-state index contributed by atoms with van der Waals surface area (Å²) in [5.41, 5.74) is 2.89. The minimum absolute atomic E-state index is 0.0593. The van der Waals surface area contributed by atoms with Gasteiger partial charge in [-0.05, 0) is 57.0 Å². The molecule has 6 nitrogen and oxygen atoms in total. The second-order valence-electron chi connectivity index (χ2n) is 7.36. The summed E-state index contributed by atoms with van der Waals surface area (Å²) in [7, 11) is 0. The van der Waals surface area contributed by atoms with Crippen LogP contribution in [0.15, 0.2) is 36.4 Å². The maximum absolute atomic E-state index is 13.0. The number of carbonyl (C=O) groups is 1. The molecule has 1 fully saturated rings. The van der Waals surface area contributed by atoms with Gasteiger partial charge in [0.2, 0.25) is 0 Å². The molecule has 1 aliphatic rings. The predicted octanol–water partition coefficient (Wildman–Crippen LogP) is 3.42. The van der Waals surface area contributed by atoms with Gasteiger partial charge in [0.25, 0.3) is 5.91 Å². The summed E-state index contributed by atoms with van der Waals surface area (Å²) < 4.78 is 20.5. The molecule has 1 atom stereocenters. The predicted molar refractivity (Wildman–Crippen MR) is 103 cm³/mol. The number of halogens is 1. The van der Waals surface area contributed by atoms with Crippen LogP contribution in [0.3, 0.4) is 0 Å². The Kier molecular flexibility index (Phi) is 4.98. The van der Waals surface area contributed by atoms with Gasteiger partial charge in [-0.25, -0.2) is 13.9 Å². The normalized spacial score (nSPS) is 17.1. The van der Waals surface area contributed by atoms with Gasteiger partial charge in [-0.2, -0.15) is 5.10 Å². The van der Waals surface area contributed by atoms with Gasteiger partial charge in [0.15, 0.2) is 5.65 Å². The summed E-state index contributed by atoms with van der Waals surface area (Å²) in [4.78, 5) is 19.4. The second kappa shape index (κ2) is 7.58. The monoisotopic (exact) mass is 382 g/mol. The number of hydrogen-bond acceptors (Lipinski definition) is 4. The smallest absolute Gasteiger partial charge is 0.272 e. The van der Waals surface area contributed by atoms with Crippen molar-refractivity contribution in [1.29, 1.82) is 0 Å². The maximum atomic E-state index is 13.0. The number of piperidine rings is 1. The van der Waals surface area contributed by atoms with Gasteiger partial charge >= 0.3 is 0 Å². The highest BCUT2D eigenvalue weighted by atomic mass is 19.1. The average molecular weight is 382 g/mol. The Morgan fingerprint density at radius 3 is 2.82 bits per heavy atom. The van der Waals surface area contributed by atoms with E-state index in [4.69, 9.17) is 4.74 Å². The molecule has 28 heavy (non-hydrogen) atoms. The van der Waals surface area contributed by atoms with E-state index >= 15 is 0 Å². The highest BCUT2D eigenvalue weighted by Gasteiger charge is 2.26. The molecular formula is C21H23FN4O2.